The molecule has 3 nitrogen and oxygen atoms in total. The van der Waals surface area contributed by atoms with Crippen molar-refractivity contribution >= 4 is 0 Å². The van der Waals surface area contributed by atoms with Gasteiger partial charge in [-0.2, -0.15) is 0 Å². The van der Waals surface area contributed by atoms with Gasteiger partial charge in [0.05, 0.1) is 18.8 Å². The van der Waals surface area contributed by atoms with Crippen molar-refractivity contribution in [2.45, 2.75) is 26.8 Å². The number of nitrogens with one attached hydrogen (secondary N) is 1. The van der Waals surface area contributed by atoms with E-state index in [4.69, 9.17) is 4.74 Å². The molecule has 3 heteroatoms. The van der Waals surface area contributed by atoms with Crippen LogP contribution in [-0.4, -0.2) is 18.6 Å². The highest BCUT2D eigenvalue weighted by Crippen LogP contribution is 2.25. The molecule has 0 saturated heterocycles. The fourth-order valence-electron chi connectivity index (χ4n) is 2.31. The van der Waals surface area contributed by atoms with Gasteiger partial charge in [0.1, 0.15) is 5.75 Å². The fraction of sp³-hybridized carbons (Fsp3) is 0.353. The van der Waals surface area contributed by atoms with E-state index in [1.807, 2.05) is 26.2 Å². The Morgan fingerprint density at radius 1 is 1.10 bits per heavy atom. The van der Waals surface area contributed by atoms with Crippen molar-refractivity contribution in [3.05, 3.63) is 58.9 Å². The predicted molar refractivity (Wildman–Crippen MR) is 82.2 cm³/mol. The molecule has 106 valence electrons. The van der Waals surface area contributed by atoms with E-state index in [0.29, 0.717) is 6.61 Å². The largest absolute Gasteiger partial charge is 0.492 e. The number of benzene rings is 1. The lowest BCUT2D eigenvalue weighted by Crippen LogP contribution is -2.18. The Morgan fingerprint density at radius 2 is 1.90 bits per heavy atom. The van der Waals surface area contributed by atoms with Crippen LogP contribution in [0.4, 0.5) is 0 Å². The molecule has 20 heavy (non-hydrogen) atoms. The number of aromatic nitrogens is 1. The minimum Gasteiger partial charge on any atom is -0.492 e. The predicted octanol–water partition coefficient (Wildman–Crippen LogP) is 3.41. The second kappa shape index (κ2) is 6.53. The quantitative estimate of drug-likeness (QED) is 0.904. The highest BCUT2D eigenvalue weighted by atomic mass is 16.5. The maximum absolute atomic E-state index is 5.53. The Hall–Kier alpha value is -1.87. The lowest BCUT2D eigenvalue weighted by molar-refractivity contribution is 0.338. The van der Waals surface area contributed by atoms with E-state index in [-0.39, 0.29) is 6.04 Å². The molecule has 1 unspecified atom stereocenters. The number of hydrogen-bond donors (Lipinski definition) is 1. The Bertz CT molecular complexity index is 581. The van der Waals surface area contributed by atoms with Gasteiger partial charge in [0, 0.05) is 6.20 Å². The van der Waals surface area contributed by atoms with Gasteiger partial charge in [-0.15, -0.1) is 0 Å². The first-order valence-corrected chi connectivity index (χ1v) is 6.98. The molecule has 1 aromatic carbocycles. The normalized spacial score (nSPS) is 12.2. The molecule has 1 atom stereocenters. The van der Waals surface area contributed by atoms with Crippen LogP contribution in [0.2, 0.25) is 0 Å². The molecule has 0 amide bonds. The zero-order valence-electron chi connectivity index (χ0n) is 12.6. The topological polar surface area (TPSA) is 34.1 Å². The highest BCUT2D eigenvalue weighted by molar-refractivity contribution is 5.38. The molecular weight excluding hydrogens is 248 g/mol. The number of rotatable bonds is 5. The van der Waals surface area contributed by atoms with E-state index in [2.05, 4.69) is 42.3 Å². The molecular formula is C17H22N2O. The number of aryl methyl sites for hydroxylation is 2. The summed E-state index contributed by atoms with van der Waals surface area (Å²) in [6.45, 7) is 6.90. The summed E-state index contributed by atoms with van der Waals surface area (Å²) < 4.78 is 5.53. The van der Waals surface area contributed by atoms with Crippen molar-refractivity contribution in [1.29, 1.82) is 0 Å². The van der Waals surface area contributed by atoms with Gasteiger partial charge in [-0.25, -0.2) is 0 Å². The van der Waals surface area contributed by atoms with Crippen LogP contribution in [0.5, 0.6) is 5.75 Å². The van der Waals surface area contributed by atoms with Crippen LogP contribution < -0.4 is 10.1 Å². The van der Waals surface area contributed by atoms with E-state index >= 15 is 0 Å². The van der Waals surface area contributed by atoms with Gasteiger partial charge in [-0.1, -0.05) is 18.2 Å². The SMILES string of the molecule is CCOc1cncc(C(NC)c2ccc(C)c(C)c2)c1. The van der Waals surface area contributed by atoms with Crippen molar-refractivity contribution in [3.8, 4) is 5.75 Å². The van der Waals surface area contributed by atoms with Crippen molar-refractivity contribution in [2.75, 3.05) is 13.7 Å². The van der Waals surface area contributed by atoms with Crippen LogP contribution in [-0.2, 0) is 0 Å². The molecule has 2 aromatic rings. The molecule has 0 aliphatic rings. The third kappa shape index (κ3) is 3.17. The maximum Gasteiger partial charge on any atom is 0.137 e. The molecule has 0 spiro atoms. The number of ether oxygens (including phenoxy) is 1. The second-order valence-corrected chi connectivity index (χ2v) is 4.95. The minimum atomic E-state index is 0.127. The Labute approximate surface area is 121 Å². The van der Waals surface area contributed by atoms with Crippen LogP contribution in [0.1, 0.15) is 35.2 Å². The molecule has 1 heterocycles. The zero-order valence-corrected chi connectivity index (χ0v) is 12.6. The summed E-state index contributed by atoms with van der Waals surface area (Å²) in [6, 6.07) is 8.73. The van der Waals surface area contributed by atoms with Gasteiger partial charge in [0.25, 0.3) is 0 Å². The summed E-state index contributed by atoms with van der Waals surface area (Å²) in [7, 11) is 1.97. The van der Waals surface area contributed by atoms with Crippen molar-refractivity contribution in [1.82, 2.24) is 10.3 Å². The van der Waals surface area contributed by atoms with Crippen LogP contribution in [0, 0.1) is 13.8 Å². The highest BCUT2D eigenvalue weighted by Gasteiger charge is 2.13. The molecule has 1 N–H and O–H groups in total. The van der Waals surface area contributed by atoms with E-state index in [9.17, 15) is 0 Å². The molecule has 0 aliphatic heterocycles. The zero-order chi connectivity index (χ0) is 14.5. The summed E-state index contributed by atoms with van der Waals surface area (Å²) in [6.07, 6.45) is 3.64. The van der Waals surface area contributed by atoms with Gasteiger partial charge in [0.2, 0.25) is 0 Å². The number of nitrogens with zero attached hydrogens (tertiary/aromatic N) is 1. The minimum absolute atomic E-state index is 0.127. The molecule has 0 fully saturated rings. The van der Waals surface area contributed by atoms with Gasteiger partial charge in [-0.3, -0.25) is 4.98 Å². The summed E-state index contributed by atoms with van der Waals surface area (Å²) in [4.78, 5) is 4.27. The monoisotopic (exact) mass is 270 g/mol. The Morgan fingerprint density at radius 3 is 2.55 bits per heavy atom. The Balaban J connectivity index is 2.36. The van der Waals surface area contributed by atoms with Gasteiger partial charge in [-0.05, 0) is 56.1 Å². The molecule has 2 rings (SSSR count). The second-order valence-electron chi connectivity index (χ2n) is 4.95. The molecule has 0 bridgehead atoms. The fourth-order valence-corrected chi connectivity index (χ4v) is 2.31. The third-order valence-corrected chi connectivity index (χ3v) is 3.53. The maximum atomic E-state index is 5.53. The van der Waals surface area contributed by atoms with Crippen LogP contribution in [0.15, 0.2) is 36.7 Å². The standard InChI is InChI=1S/C17H22N2O/c1-5-20-16-9-15(10-19-11-16)17(18-4)14-7-6-12(2)13(3)8-14/h6-11,17-18H,5H2,1-4H3. The number of hydrogen-bond acceptors (Lipinski definition) is 3. The van der Waals surface area contributed by atoms with E-state index in [0.717, 1.165) is 11.3 Å². The Kier molecular flexibility index (Phi) is 4.74. The van der Waals surface area contributed by atoms with Gasteiger partial charge < -0.3 is 10.1 Å². The average molecular weight is 270 g/mol. The van der Waals surface area contributed by atoms with E-state index in [1.165, 1.54) is 16.7 Å². The first-order chi connectivity index (χ1) is 9.65. The molecule has 0 aliphatic carbocycles. The number of pyridine rings is 1. The third-order valence-electron chi connectivity index (χ3n) is 3.53. The van der Waals surface area contributed by atoms with Crippen LogP contribution >= 0.6 is 0 Å². The lowest BCUT2D eigenvalue weighted by Gasteiger charge is -2.18. The first kappa shape index (κ1) is 14.5. The summed E-state index contributed by atoms with van der Waals surface area (Å²) >= 11 is 0. The summed E-state index contributed by atoms with van der Waals surface area (Å²) in [5.41, 5.74) is 4.97. The summed E-state index contributed by atoms with van der Waals surface area (Å²) in [5.74, 6) is 0.814. The smallest absolute Gasteiger partial charge is 0.137 e. The van der Waals surface area contributed by atoms with Crippen molar-refractivity contribution in [3.63, 3.8) is 0 Å². The van der Waals surface area contributed by atoms with Crippen molar-refractivity contribution < 1.29 is 4.74 Å². The average Bonchev–Trinajstić information content (AvgIpc) is 2.44. The van der Waals surface area contributed by atoms with Crippen LogP contribution in [0.25, 0.3) is 0 Å². The molecule has 0 saturated carbocycles. The van der Waals surface area contributed by atoms with E-state index in [1.54, 1.807) is 6.20 Å². The van der Waals surface area contributed by atoms with Gasteiger partial charge >= 0.3 is 0 Å². The molecule has 0 radical (unpaired) electrons. The first-order valence-electron chi connectivity index (χ1n) is 6.98. The van der Waals surface area contributed by atoms with Crippen molar-refractivity contribution in [2.24, 2.45) is 0 Å². The summed E-state index contributed by atoms with van der Waals surface area (Å²) in [5, 5.41) is 3.36. The van der Waals surface area contributed by atoms with E-state index < -0.39 is 0 Å². The van der Waals surface area contributed by atoms with Crippen LogP contribution in [0.3, 0.4) is 0 Å². The lowest BCUT2D eigenvalue weighted by atomic mass is 9.97. The molecule has 1 aromatic heterocycles. The van der Waals surface area contributed by atoms with Gasteiger partial charge in [0.15, 0.2) is 0 Å².